The lowest BCUT2D eigenvalue weighted by atomic mass is 9.95. The molecule has 0 saturated heterocycles. The highest BCUT2D eigenvalue weighted by molar-refractivity contribution is 5.81. The molecular formula is C19H27NO2. The number of hydrogen-bond acceptors (Lipinski definition) is 2. The maximum atomic E-state index is 12.4. The summed E-state index contributed by atoms with van der Waals surface area (Å²) in [7, 11) is 0. The van der Waals surface area contributed by atoms with Crippen molar-refractivity contribution in [2.24, 2.45) is 11.8 Å². The summed E-state index contributed by atoms with van der Waals surface area (Å²) in [5.74, 6) is 2.78. The summed E-state index contributed by atoms with van der Waals surface area (Å²) in [6, 6.07) is 8.37. The first-order valence-corrected chi connectivity index (χ1v) is 8.60. The normalized spacial score (nSPS) is 27.9. The van der Waals surface area contributed by atoms with Gasteiger partial charge in [0.1, 0.15) is 5.75 Å². The Labute approximate surface area is 133 Å². The first-order chi connectivity index (χ1) is 10.5. The third kappa shape index (κ3) is 3.13. The molecule has 0 aliphatic heterocycles. The number of hydrogen-bond donors (Lipinski definition) is 1. The molecule has 120 valence electrons. The molecule has 0 radical (unpaired) electrons. The number of fused-ring (bicyclic) bond motifs is 2. The molecular weight excluding hydrogens is 274 g/mol. The van der Waals surface area contributed by atoms with E-state index in [9.17, 15) is 4.79 Å². The molecule has 1 aromatic carbocycles. The third-order valence-electron chi connectivity index (χ3n) is 5.28. The summed E-state index contributed by atoms with van der Waals surface area (Å²) in [5, 5.41) is 3.22. The Kier molecular flexibility index (Phi) is 4.42. The van der Waals surface area contributed by atoms with Gasteiger partial charge in [-0.25, -0.2) is 0 Å². The number of nitrogens with one attached hydrogen (secondary N) is 1. The second-order valence-corrected chi connectivity index (χ2v) is 7.24. The van der Waals surface area contributed by atoms with Gasteiger partial charge >= 0.3 is 0 Å². The number of para-hydroxylation sites is 1. The van der Waals surface area contributed by atoms with Crippen LogP contribution < -0.4 is 10.1 Å². The van der Waals surface area contributed by atoms with Crippen molar-refractivity contribution in [2.75, 3.05) is 0 Å². The van der Waals surface area contributed by atoms with Crippen LogP contribution in [-0.2, 0) is 4.79 Å². The van der Waals surface area contributed by atoms with Crippen molar-refractivity contribution >= 4 is 5.91 Å². The second kappa shape index (κ2) is 6.31. The van der Waals surface area contributed by atoms with Crippen LogP contribution in [0.25, 0.3) is 0 Å². The molecule has 3 rings (SSSR count). The maximum absolute atomic E-state index is 12.4. The minimum atomic E-state index is -0.445. The van der Waals surface area contributed by atoms with Gasteiger partial charge in [0.15, 0.2) is 6.10 Å². The van der Waals surface area contributed by atoms with Crippen molar-refractivity contribution in [3.8, 4) is 5.75 Å². The van der Waals surface area contributed by atoms with Crippen molar-refractivity contribution < 1.29 is 9.53 Å². The van der Waals surface area contributed by atoms with Gasteiger partial charge in [-0.2, -0.15) is 0 Å². The first-order valence-electron chi connectivity index (χ1n) is 8.60. The van der Waals surface area contributed by atoms with E-state index in [0.29, 0.717) is 17.9 Å². The van der Waals surface area contributed by atoms with Gasteiger partial charge in [-0.15, -0.1) is 0 Å². The molecule has 3 nitrogen and oxygen atoms in total. The quantitative estimate of drug-likeness (QED) is 0.896. The van der Waals surface area contributed by atoms with E-state index in [1.165, 1.54) is 19.3 Å². The highest BCUT2D eigenvalue weighted by atomic mass is 16.5. The van der Waals surface area contributed by atoms with E-state index in [1.807, 2.05) is 25.1 Å². The highest BCUT2D eigenvalue weighted by Gasteiger charge is 2.40. The number of carbonyl (C=O) groups excluding carboxylic acids is 1. The molecule has 1 amide bonds. The van der Waals surface area contributed by atoms with Crippen LogP contribution in [0.3, 0.4) is 0 Å². The van der Waals surface area contributed by atoms with E-state index in [0.717, 1.165) is 23.7 Å². The summed E-state index contributed by atoms with van der Waals surface area (Å²) in [4.78, 5) is 12.4. The molecule has 4 atom stereocenters. The smallest absolute Gasteiger partial charge is 0.261 e. The van der Waals surface area contributed by atoms with Gasteiger partial charge in [0.2, 0.25) is 0 Å². The van der Waals surface area contributed by atoms with Gasteiger partial charge in [0, 0.05) is 6.04 Å². The third-order valence-corrected chi connectivity index (χ3v) is 5.28. The van der Waals surface area contributed by atoms with Crippen LogP contribution in [0.4, 0.5) is 0 Å². The molecule has 2 fully saturated rings. The van der Waals surface area contributed by atoms with Gasteiger partial charge < -0.3 is 10.1 Å². The highest BCUT2D eigenvalue weighted by Crippen LogP contribution is 2.44. The Balaban J connectivity index is 1.60. The Morgan fingerprint density at radius 2 is 1.95 bits per heavy atom. The topological polar surface area (TPSA) is 38.3 Å². The molecule has 22 heavy (non-hydrogen) atoms. The number of carbonyl (C=O) groups is 1. The van der Waals surface area contributed by atoms with Crippen molar-refractivity contribution in [3.63, 3.8) is 0 Å². The lowest BCUT2D eigenvalue weighted by molar-refractivity contribution is -0.128. The zero-order valence-electron chi connectivity index (χ0n) is 13.8. The molecule has 0 aromatic heterocycles. The van der Waals surface area contributed by atoms with Crippen LogP contribution >= 0.6 is 0 Å². The standard InChI is InChI=1S/C19H27NO2/c1-12(2)16-6-4-5-7-18(16)22-13(3)19(21)20-17-11-14-8-9-15(17)10-14/h4-7,12-15,17H,8-11H2,1-3H3,(H,20,21)/t13-,14-,15-,17-/m1/s1. The molecule has 0 heterocycles. The lowest BCUT2D eigenvalue weighted by Crippen LogP contribution is -2.44. The Bertz CT molecular complexity index is 540. The van der Waals surface area contributed by atoms with E-state index in [2.05, 4.69) is 25.2 Å². The minimum Gasteiger partial charge on any atom is -0.481 e. The van der Waals surface area contributed by atoms with Crippen molar-refractivity contribution in [2.45, 2.75) is 64.5 Å². The van der Waals surface area contributed by atoms with Gasteiger partial charge in [0.05, 0.1) is 0 Å². The van der Waals surface area contributed by atoms with Crippen molar-refractivity contribution in [3.05, 3.63) is 29.8 Å². The fourth-order valence-electron chi connectivity index (χ4n) is 4.03. The zero-order valence-corrected chi connectivity index (χ0v) is 13.8. The number of benzene rings is 1. The number of amides is 1. The van der Waals surface area contributed by atoms with Gasteiger partial charge in [-0.3, -0.25) is 4.79 Å². The van der Waals surface area contributed by atoms with Gasteiger partial charge in [-0.05, 0) is 55.6 Å². The summed E-state index contributed by atoms with van der Waals surface area (Å²) in [6.45, 7) is 6.13. The molecule has 2 aliphatic carbocycles. The van der Waals surface area contributed by atoms with Crippen molar-refractivity contribution in [1.82, 2.24) is 5.32 Å². The molecule has 1 N–H and O–H groups in total. The fraction of sp³-hybridized carbons (Fsp3) is 0.632. The summed E-state index contributed by atoms with van der Waals surface area (Å²) in [5.41, 5.74) is 1.15. The molecule has 2 aliphatic rings. The predicted octanol–water partition coefficient (Wildman–Crippen LogP) is 3.88. The Hall–Kier alpha value is -1.51. The number of ether oxygens (including phenoxy) is 1. The molecule has 1 aromatic rings. The van der Waals surface area contributed by atoms with Gasteiger partial charge in [-0.1, -0.05) is 38.5 Å². The van der Waals surface area contributed by atoms with Crippen molar-refractivity contribution in [1.29, 1.82) is 0 Å². The Morgan fingerprint density at radius 1 is 1.18 bits per heavy atom. The molecule has 2 bridgehead atoms. The SMILES string of the molecule is CC(C)c1ccccc1O[C@H](C)C(=O)N[C@@H]1C[C@@H]2CC[C@@H]1C2. The van der Waals surface area contributed by atoms with Gasteiger partial charge in [0.25, 0.3) is 5.91 Å². The van der Waals surface area contributed by atoms with Crippen LogP contribution in [0.1, 0.15) is 57.9 Å². The molecule has 0 spiro atoms. The minimum absolute atomic E-state index is 0.0242. The summed E-state index contributed by atoms with van der Waals surface area (Å²) in [6.07, 6.45) is 4.65. The predicted molar refractivity (Wildman–Crippen MR) is 88.0 cm³/mol. The van der Waals surface area contributed by atoms with Crippen LogP contribution in [0.5, 0.6) is 5.75 Å². The van der Waals surface area contributed by atoms with E-state index in [-0.39, 0.29) is 5.91 Å². The molecule has 3 heteroatoms. The Morgan fingerprint density at radius 3 is 2.59 bits per heavy atom. The number of rotatable bonds is 5. The maximum Gasteiger partial charge on any atom is 0.261 e. The fourth-order valence-corrected chi connectivity index (χ4v) is 4.03. The molecule has 2 saturated carbocycles. The second-order valence-electron chi connectivity index (χ2n) is 7.24. The van der Waals surface area contributed by atoms with E-state index in [4.69, 9.17) is 4.74 Å². The van der Waals surface area contributed by atoms with E-state index < -0.39 is 6.10 Å². The molecule has 0 unspecified atom stereocenters. The van der Waals surface area contributed by atoms with Crippen LogP contribution in [0.15, 0.2) is 24.3 Å². The first kappa shape index (κ1) is 15.4. The van der Waals surface area contributed by atoms with E-state index >= 15 is 0 Å². The average molecular weight is 301 g/mol. The zero-order chi connectivity index (χ0) is 15.7. The van der Waals surface area contributed by atoms with Crippen LogP contribution in [0.2, 0.25) is 0 Å². The summed E-state index contributed by atoms with van der Waals surface area (Å²) >= 11 is 0. The van der Waals surface area contributed by atoms with Crippen LogP contribution in [0, 0.1) is 11.8 Å². The van der Waals surface area contributed by atoms with E-state index in [1.54, 1.807) is 0 Å². The monoisotopic (exact) mass is 301 g/mol. The average Bonchev–Trinajstić information content (AvgIpc) is 3.10. The largest absolute Gasteiger partial charge is 0.481 e. The lowest BCUT2D eigenvalue weighted by Gasteiger charge is -2.25. The summed E-state index contributed by atoms with van der Waals surface area (Å²) < 4.78 is 5.95. The van der Waals surface area contributed by atoms with Crippen LogP contribution in [-0.4, -0.2) is 18.1 Å².